The summed E-state index contributed by atoms with van der Waals surface area (Å²) in [4.78, 5) is 27.5. The zero-order valence-electron chi connectivity index (χ0n) is 23.2. The average molecular weight is 608 g/mol. The number of hydrogen-bond acceptors (Lipinski definition) is 7. The SMILES string of the molecule is CNC(=O)[C@@H](C)N(Cc1ccc(F)cc1)C(=O)CN(c1cc(Cl)ccc1OC)S(=O)(=O)c1ccc(OC)c(OC)c1. The molecule has 0 aliphatic heterocycles. The molecule has 1 atom stereocenters. The zero-order valence-corrected chi connectivity index (χ0v) is 24.8. The number of ether oxygens (including phenoxy) is 3. The van der Waals surface area contributed by atoms with E-state index in [1.165, 1.54) is 101 Å². The second-order valence-electron chi connectivity index (χ2n) is 8.78. The number of carbonyl (C=O) groups excluding carboxylic acids is 2. The largest absolute Gasteiger partial charge is 0.495 e. The topological polar surface area (TPSA) is 114 Å². The maximum Gasteiger partial charge on any atom is 0.265 e. The summed E-state index contributed by atoms with van der Waals surface area (Å²) in [6, 6.07) is 12.8. The average Bonchev–Trinajstić information content (AvgIpc) is 2.98. The van der Waals surface area contributed by atoms with E-state index in [1.807, 2.05) is 0 Å². The van der Waals surface area contributed by atoms with E-state index in [4.69, 9.17) is 25.8 Å². The van der Waals surface area contributed by atoms with Crippen molar-refractivity contribution in [3.8, 4) is 17.2 Å². The Labute approximate surface area is 243 Å². The number of halogens is 2. The van der Waals surface area contributed by atoms with Gasteiger partial charge in [-0.25, -0.2) is 12.8 Å². The number of anilines is 1. The highest BCUT2D eigenvalue weighted by atomic mass is 35.5. The highest BCUT2D eigenvalue weighted by molar-refractivity contribution is 7.92. The van der Waals surface area contributed by atoms with Gasteiger partial charge in [0.05, 0.1) is 31.9 Å². The fourth-order valence-electron chi connectivity index (χ4n) is 4.05. The quantitative estimate of drug-likeness (QED) is 0.332. The molecule has 10 nitrogen and oxygen atoms in total. The van der Waals surface area contributed by atoms with Crippen LogP contribution in [0.3, 0.4) is 0 Å². The predicted octanol–water partition coefficient (Wildman–Crippen LogP) is 3.86. The number of nitrogens with zero attached hydrogens (tertiary/aromatic N) is 2. The molecule has 0 aromatic heterocycles. The van der Waals surface area contributed by atoms with Crippen LogP contribution in [0.5, 0.6) is 17.2 Å². The number of sulfonamides is 1. The Morgan fingerprint density at radius 3 is 2.12 bits per heavy atom. The molecule has 0 bridgehead atoms. The van der Waals surface area contributed by atoms with Crippen LogP contribution in [0.15, 0.2) is 65.6 Å². The van der Waals surface area contributed by atoms with E-state index in [2.05, 4.69) is 5.32 Å². The predicted molar refractivity (Wildman–Crippen MR) is 153 cm³/mol. The molecule has 1 N–H and O–H groups in total. The second kappa shape index (κ2) is 13.6. The summed E-state index contributed by atoms with van der Waals surface area (Å²) in [6.45, 7) is 0.688. The maximum atomic E-state index is 14.1. The Kier molecular flexibility index (Phi) is 10.4. The molecule has 0 spiro atoms. The molecular weight excluding hydrogens is 577 g/mol. The first-order chi connectivity index (χ1) is 19.5. The van der Waals surface area contributed by atoms with Crippen molar-refractivity contribution < 1.29 is 36.6 Å². The van der Waals surface area contributed by atoms with Crippen molar-refractivity contribution >= 4 is 39.1 Å². The number of amides is 2. The van der Waals surface area contributed by atoms with E-state index in [-0.39, 0.29) is 33.6 Å². The highest BCUT2D eigenvalue weighted by Crippen LogP contribution is 2.37. The Balaban J connectivity index is 2.14. The third-order valence-corrected chi connectivity index (χ3v) is 8.30. The minimum absolute atomic E-state index is 0.00235. The summed E-state index contributed by atoms with van der Waals surface area (Å²) in [5, 5.41) is 2.69. The van der Waals surface area contributed by atoms with Crippen molar-refractivity contribution in [3.05, 3.63) is 77.1 Å². The van der Waals surface area contributed by atoms with Gasteiger partial charge in [0.1, 0.15) is 24.2 Å². The monoisotopic (exact) mass is 607 g/mol. The summed E-state index contributed by atoms with van der Waals surface area (Å²) in [7, 11) is 1.09. The number of benzene rings is 3. The van der Waals surface area contributed by atoms with Crippen LogP contribution in [-0.4, -0.2) is 66.1 Å². The molecule has 3 aromatic rings. The zero-order chi connectivity index (χ0) is 30.3. The van der Waals surface area contributed by atoms with E-state index in [1.54, 1.807) is 0 Å². The van der Waals surface area contributed by atoms with Crippen LogP contribution in [0, 0.1) is 5.82 Å². The molecule has 0 unspecified atom stereocenters. The molecule has 0 aliphatic carbocycles. The van der Waals surface area contributed by atoms with Crippen LogP contribution in [0.1, 0.15) is 12.5 Å². The molecule has 0 radical (unpaired) electrons. The van der Waals surface area contributed by atoms with Crippen LogP contribution >= 0.6 is 11.6 Å². The van der Waals surface area contributed by atoms with Gasteiger partial charge in [-0.2, -0.15) is 0 Å². The third kappa shape index (κ3) is 7.19. The maximum absolute atomic E-state index is 14.1. The Hall–Kier alpha value is -4.03. The van der Waals surface area contributed by atoms with Gasteiger partial charge in [-0.05, 0) is 55.0 Å². The minimum Gasteiger partial charge on any atom is -0.495 e. The Bertz CT molecular complexity index is 1500. The van der Waals surface area contributed by atoms with Gasteiger partial charge >= 0.3 is 0 Å². The van der Waals surface area contributed by atoms with E-state index in [9.17, 15) is 22.4 Å². The smallest absolute Gasteiger partial charge is 0.265 e. The molecule has 3 aromatic carbocycles. The fraction of sp³-hybridized carbons (Fsp3) is 0.286. The van der Waals surface area contributed by atoms with Gasteiger partial charge in [-0.3, -0.25) is 13.9 Å². The summed E-state index contributed by atoms with van der Waals surface area (Å²) >= 11 is 6.24. The summed E-state index contributed by atoms with van der Waals surface area (Å²) < 4.78 is 58.6. The van der Waals surface area contributed by atoms with Gasteiger partial charge in [0.25, 0.3) is 10.0 Å². The lowest BCUT2D eigenvalue weighted by Crippen LogP contribution is -2.50. The van der Waals surface area contributed by atoms with Crippen LogP contribution in [0.4, 0.5) is 10.1 Å². The number of rotatable bonds is 12. The first kappa shape index (κ1) is 31.5. The number of hydrogen-bond donors (Lipinski definition) is 1. The first-order valence-corrected chi connectivity index (χ1v) is 14.1. The minimum atomic E-state index is -4.46. The lowest BCUT2D eigenvalue weighted by Gasteiger charge is -2.32. The molecule has 13 heteroatoms. The van der Waals surface area contributed by atoms with E-state index >= 15 is 0 Å². The second-order valence-corrected chi connectivity index (χ2v) is 11.1. The van der Waals surface area contributed by atoms with E-state index in [0.717, 1.165) is 4.31 Å². The number of nitrogens with one attached hydrogen (secondary N) is 1. The van der Waals surface area contributed by atoms with Gasteiger partial charge in [0.2, 0.25) is 11.8 Å². The first-order valence-electron chi connectivity index (χ1n) is 12.3. The lowest BCUT2D eigenvalue weighted by atomic mass is 10.1. The summed E-state index contributed by atoms with van der Waals surface area (Å²) in [5.74, 6) is -1.06. The molecular formula is C28H31ClFN3O7S. The van der Waals surface area contributed by atoms with Crippen LogP contribution in [0.2, 0.25) is 5.02 Å². The van der Waals surface area contributed by atoms with Gasteiger partial charge in [0, 0.05) is 24.7 Å². The van der Waals surface area contributed by atoms with Gasteiger partial charge in [-0.15, -0.1) is 0 Å². The lowest BCUT2D eigenvalue weighted by molar-refractivity contribution is -0.139. The van der Waals surface area contributed by atoms with Crippen molar-refractivity contribution in [1.82, 2.24) is 10.2 Å². The standard InChI is InChI=1S/C28H31ClFN3O7S/c1-18(28(35)31-2)32(16-19-6-9-21(30)10-7-19)27(34)17-33(23-14-20(29)8-12-24(23)38-3)41(36,37)22-11-13-25(39-4)26(15-22)40-5/h6-15,18H,16-17H2,1-5H3,(H,31,35)/t18-/m1/s1. The van der Waals surface area contributed by atoms with Crippen LogP contribution in [0.25, 0.3) is 0 Å². The molecule has 41 heavy (non-hydrogen) atoms. The molecule has 2 amide bonds. The molecule has 3 rings (SSSR count). The summed E-state index contributed by atoms with van der Waals surface area (Å²) in [6.07, 6.45) is 0. The van der Waals surface area contributed by atoms with Crippen molar-refractivity contribution in [2.24, 2.45) is 0 Å². The Morgan fingerprint density at radius 1 is 0.927 bits per heavy atom. The molecule has 0 aliphatic rings. The number of likely N-dealkylation sites (N-methyl/N-ethyl adjacent to an activating group) is 1. The molecule has 220 valence electrons. The normalized spacial score (nSPS) is 11.8. The van der Waals surface area contributed by atoms with E-state index in [0.29, 0.717) is 11.3 Å². The van der Waals surface area contributed by atoms with Gasteiger partial charge in [-0.1, -0.05) is 23.7 Å². The van der Waals surface area contributed by atoms with Crippen molar-refractivity contribution in [1.29, 1.82) is 0 Å². The van der Waals surface area contributed by atoms with Crippen LogP contribution in [-0.2, 0) is 26.2 Å². The van der Waals surface area contributed by atoms with E-state index < -0.39 is 40.2 Å². The molecule has 0 saturated carbocycles. The van der Waals surface area contributed by atoms with Crippen molar-refractivity contribution in [2.75, 3.05) is 39.2 Å². The molecule has 0 fully saturated rings. The van der Waals surface area contributed by atoms with Crippen molar-refractivity contribution in [2.45, 2.75) is 24.4 Å². The van der Waals surface area contributed by atoms with Crippen molar-refractivity contribution in [3.63, 3.8) is 0 Å². The van der Waals surface area contributed by atoms with Gasteiger partial charge < -0.3 is 24.4 Å². The highest BCUT2D eigenvalue weighted by Gasteiger charge is 2.34. The fourth-order valence-corrected chi connectivity index (χ4v) is 5.65. The number of carbonyl (C=O) groups is 2. The summed E-state index contributed by atoms with van der Waals surface area (Å²) in [5.41, 5.74) is 0.530. The number of methoxy groups -OCH3 is 3. The van der Waals surface area contributed by atoms with Gasteiger partial charge in [0.15, 0.2) is 11.5 Å². The molecule has 0 saturated heterocycles. The van der Waals surface area contributed by atoms with Crippen LogP contribution < -0.4 is 23.8 Å². The third-order valence-electron chi connectivity index (χ3n) is 6.31. The Morgan fingerprint density at radius 2 is 1.54 bits per heavy atom. The molecule has 0 heterocycles.